The van der Waals surface area contributed by atoms with E-state index in [2.05, 4.69) is 0 Å². The second-order valence-corrected chi connectivity index (χ2v) is 7.10. The summed E-state index contributed by atoms with van der Waals surface area (Å²) in [5.41, 5.74) is -0.876. The molecule has 3 heteroatoms. The van der Waals surface area contributed by atoms with Gasteiger partial charge in [0, 0.05) is 6.42 Å². The lowest BCUT2D eigenvalue weighted by Gasteiger charge is -2.59. The first kappa shape index (κ1) is 12.5. The fraction of sp³-hybridized carbons (Fsp3) is 0.933. The lowest BCUT2D eigenvalue weighted by atomic mass is 9.52. The van der Waals surface area contributed by atoms with Crippen molar-refractivity contribution in [3.63, 3.8) is 0 Å². The van der Waals surface area contributed by atoms with Crippen LogP contribution in [0, 0.1) is 17.8 Å². The molecule has 18 heavy (non-hydrogen) atoms. The van der Waals surface area contributed by atoms with Gasteiger partial charge in [0.1, 0.15) is 5.60 Å². The number of hydrogen-bond acceptors (Lipinski definition) is 3. The van der Waals surface area contributed by atoms with E-state index in [1.165, 1.54) is 6.42 Å². The molecule has 3 nitrogen and oxygen atoms in total. The van der Waals surface area contributed by atoms with Crippen molar-refractivity contribution in [1.82, 2.24) is 0 Å². The fourth-order valence-electron chi connectivity index (χ4n) is 4.73. The quantitative estimate of drug-likeness (QED) is 0.785. The van der Waals surface area contributed by atoms with Crippen molar-refractivity contribution in [2.24, 2.45) is 17.8 Å². The van der Waals surface area contributed by atoms with Crippen molar-refractivity contribution in [2.75, 3.05) is 0 Å². The van der Waals surface area contributed by atoms with Crippen LogP contribution in [0.3, 0.4) is 0 Å². The van der Waals surface area contributed by atoms with Crippen LogP contribution in [0.25, 0.3) is 0 Å². The minimum atomic E-state index is -0.542. The third kappa shape index (κ3) is 1.97. The van der Waals surface area contributed by atoms with E-state index < -0.39 is 5.60 Å². The van der Waals surface area contributed by atoms with Gasteiger partial charge in [-0.3, -0.25) is 4.79 Å². The first-order valence-corrected chi connectivity index (χ1v) is 7.39. The lowest BCUT2D eigenvalue weighted by Crippen LogP contribution is -2.60. The summed E-state index contributed by atoms with van der Waals surface area (Å²) in [4.78, 5) is 12.1. The molecular formula is C15H24O3. The highest BCUT2D eigenvalue weighted by atomic mass is 16.6. The van der Waals surface area contributed by atoms with Gasteiger partial charge in [0.25, 0.3) is 0 Å². The average molecular weight is 252 g/mol. The molecule has 0 aromatic heterocycles. The fourth-order valence-corrected chi connectivity index (χ4v) is 4.73. The van der Waals surface area contributed by atoms with Crippen molar-refractivity contribution >= 4 is 5.97 Å². The van der Waals surface area contributed by atoms with Gasteiger partial charge in [-0.15, -0.1) is 0 Å². The summed E-state index contributed by atoms with van der Waals surface area (Å²) in [5.74, 6) is 1.05. The molecule has 4 aliphatic rings. The maximum atomic E-state index is 12.1. The van der Waals surface area contributed by atoms with E-state index in [0.29, 0.717) is 18.3 Å². The maximum absolute atomic E-state index is 12.1. The summed E-state index contributed by atoms with van der Waals surface area (Å²) in [6.07, 6.45) is 6.53. The second kappa shape index (κ2) is 3.96. The Kier molecular flexibility index (Phi) is 2.74. The highest BCUT2D eigenvalue weighted by Crippen LogP contribution is 2.58. The smallest absolute Gasteiger partial charge is 0.309 e. The molecule has 4 rings (SSSR count). The Labute approximate surface area is 109 Å². The van der Waals surface area contributed by atoms with E-state index in [-0.39, 0.29) is 17.5 Å². The van der Waals surface area contributed by atoms with E-state index in [1.54, 1.807) is 0 Å². The molecule has 4 saturated carbocycles. The van der Waals surface area contributed by atoms with Crippen molar-refractivity contribution in [1.29, 1.82) is 0 Å². The Morgan fingerprint density at radius 2 is 1.94 bits per heavy atom. The monoisotopic (exact) mass is 252 g/mol. The summed E-state index contributed by atoms with van der Waals surface area (Å²) >= 11 is 0. The number of carbonyl (C=O) groups is 1. The SMILES string of the molecule is CC[C@H](C)C(=O)OC12CC3CC(CC(O)(C3)C1)C2. The van der Waals surface area contributed by atoms with E-state index in [4.69, 9.17) is 4.74 Å². The van der Waals surface area contributed by atoms with E-state index in [1.807, 2.05) is 13.8 Å². The van der Waals surface area contributed by atoms with Crippen LogP contribution >= 0.6 is 0 Å². The Hall–Kier alpha value is -0.570. The number of esters is 1. The lowest BCUT2D eigenvalue weighted by molar-refractivity contribution is -0.222. The predicted molar refractivity (Wildman–Crippen MR) is 67.9 cm³/mol. The largest absolute Gasteiger partial charge is 0.459 e. The average Bonchev–Trinajstić information content (AvgIpc) is 2.23. The molecule has 0 aromatic rings. The Balaban J connectivity index is 1.77. The molecule has 4 fully saturated rings. The Morgan fingerprint density at radius 1 is 1.33 bits per heavy atom. The van der Waals surface area contributed by atoms with Crippen LogP contribution < -0.4 is 0 Å². The normalized spacial score (nSPS) is 47.1. The van der Waals surface area contributed by atoms with Crippen molar-refractivity contribution in [3.8, 4) is 0 Å². The summed E-state index contributed by atoms with van der Waals surface area (Å²) in [7, 11) is 0. The zero-order chi connectivity index (χ0) is 13.0. The zero-order valence-electron chi connectivity index (χ0n) is 11.4. The molecule has 0 spiro atoms. The van der Waals surface area contributed by atoms with Gasteiger partial charge in [-0.2, -0.15) is 0 Å². The Bertz CT molecular complexity index is 349. The van der Waals surface area contributed by atoms with Gasteiger partial charge in [-0.05, 0) is 50.4 Å². The van der Waals surface area contributed by atoms with Crippen molar-refractivity contribution in [3.05, 3.63) is 0 Å². The molecule has 0 radical (unpaired) electrons. The summed E-state index contributed by atoms with van der Waals surface area (Å²) < 4.78 is 5.87. The summed E-state index contributed by atoms with van der Waals surface area (Å²) in [5, 5.41) is 10.6. The molecule has 0 aromatic carbocycles. The molecule has 0 aliphatic heterocycles. The number of carbonyl (C=O) groups excluding carboxylic acids is 1. The molecule has 2 unspecified atom stereocenters. The number of ether oxygens (including phenoxy) is 1. The van der Waals surface area contributed by atoms with Gasteiger partial charge in [0.15, 0.2) is 0 Å². The Morgan fingerprint density at radius 3 is 2.44 bits per heavy atom. The predicted octanol–water partition coefficient (Wildman–Crippen LogP) is 2.66. The van der Waals surface area contributed by atoms with Gasteiger partial charge >= 0.3 is 5.97 Å². The van der Waals surface area contributed by atoms with Crippen molar-refractivity contribution < 1.29 is 14.6 Å². The zero-order valence-corrected chi connectivity index (χ0v) is 11.4. The number of rotatable bonds is 3. The van der Waals surface area contributed by atoms with Crippen LogP contribution in [-0.4, -0.2) is 22.3 Å². The van der Waals surface area contributed by atoms with Crippen LogP contribution in [0.4, 0.5) is 0 Å². The summed E-state index contributed by atoms with van der Waals surface area (Å²) in [6.45, 7) is 3.94. The van der Waals surface area contributed by atoms with Crippen LogP contribution in [0.5, 0.6) is 0 Å². The topological polar surface area (TPSA) is 46.5 Å². The molecule has 0 amide bonds. The summed E-state index contributed by atoms with van der Waals surface area (Å²) in [6, 6.07) is 0. The van der Waals surface area contributed by atoms with Crippen LogP contribution in [0.15, 0.2) is 0 Å². The van der Waals surface area contributed by atoms with Gasteiger partial charge in [0.2, 0.25) is 0 Å². The molecule has 3 atom stereocenters. The molecule has 102 valence electrons. The van der Waals surface area contributed by atoms with E-state index in [9.17, 15) is 9.90 Å². The number of aliphatic hydroxyl groups is 1. The van der Waals surface area contributed by atoms with Crippen molar-refractivity contribution in [2.45, 2.75) is 70.0 Å². The van der Waals surface area contributed by atoms with Gasteiger partial charge in [-0.25, -0.2) is 0 Å². The third-order valence-electron chi connectivity index (χ3n) is 5.31. The minimum absolute atomic E-state index is 0.0207. The number of hydrogen-bond donors (Lipinski definition) is 1. The molecule has 4 aliphatic carbocycles. The first-order chi connectivity index (χ1) is 8.44. The molecule has 0 saturated heterocycles. The first-order valence-electron chi connectivity index (χ1n) is 7.39. The molecular weight excluding hydrogens is 228 g/mol. The standard InChI is InChI=1S/C15H24O3/c1-3-10(2)13(16)18-15-7-11-4-12(8-15)6-14(17,5-11)9-15/h10-12,17H,3-9H2,1-2H3/t10-,11?,12?,14?,15?/m0/s1. The third-order valence-corrected chi connectivity index (χ3v) is 5.31. The van der Waals surface area contributed by atoms with Crippen LogP contribution in [0.1, 0.15) is 58.8 Å². The minimum Gasteiger partial charge on any atom is -0.459 e. The second-order valence-electron chi connectivity index (χ2n) is 7.10. The van der Waals surface area contributed by atoms with E-state index >= 15 is 0 Å². The van der Waals surface area contributed by atoms with Gasteiger partial charge < -0.3 is 9.84 Å². The van der Waals surface area contributed by atoms with Gasteiger partial charge in [0.05, 0.1) is 11.5 Å². The highest BCUT2D eigenvalue weighted by Gasteiger charge is 2.59. The van der Waals surface area contributed by atoms with Crippen LogP contribution in [0.2, 0.25) is 0 Å². The molecule has 0 heterocycles. The van der Waals surface area contributed by atoms with Crippen LogP contribution in [-0.2, 0) is 9.53 Å². The van der Waals surface area contributed by atoms with Gasteiger partial charge in [-0.1, -0.05) is 13.8 Å². The molecule has 1 N–H and O–H groups in total. The molecule has 4 bridgehead atoms. The highest BCUT2D eigenvalue weighted by molar-refractivity contribution is 5.72. The maximum Gasteiger partial charge on any atom is 0.309 e. The van der Waals surface area contributed by atoms with E-state index in [0.717, 1.165) is 32.1 Å².